The predicted octanol–water partition coefficient (Wildman–Crippen LogP) is 1.45. The van der Waals surface area contributed by atoms with Gasteiger partial charge in [-0.1, -0.05) is 0 Å². The van der Waals surface area contributed by atoms with E-state index in [1.807, 2.05) is 0 Å². The highest BCUT2D eigenvalue weighted by atomic mass is 35.5. The number of carbonyl (C=O) groups excluding carboxylic acids is 2. The topological polar surface area (TPSA) is 116 Å². The Hall–Kier alpha value is -2.36. The summed E-state index contributed by atoms with van der Waals surface area (Å²) >= 11 is 1.37. The SMILES string of the molecule is COc1cc(NC(=O)CNC(=O)c2csc(CCN)n2)cc(OC)c1.Cl. The van der Waals surface area contributed by atoms with E-state index in [1.54, 1.807) is 23.6 Å². The molecule has 2 rings (SSSR count). The third-order valence-electron chi connectivity index (χ3n) is 3.19. The summed E-state index contributed by atoms with van der Waals surface area (Å²) in [7, 11) is 3.04. The maximum Gasteiger partial charge on any atom is 0.271 e. The lowest BCUT2D eigenvalue weighted by Gasteiger charge is -2.10. The molecule has 0 saturated heterocycles. The van der Waals surface area contributed by atoms with Gasteiger partial charge in [0.1, 0.15) is 17.2 Å². The van der Waals surface area contributed by atoms with E-state index in [4.69, 9.17) is 15.2 Å². The zero-order valence-electron chi connectivity index (χ0n) is 14.4. The lowest BCUT2D eigenvalue weighted by Crippen LogP contribution is -2.33. The van der Waals surface area contributed by atoms with E-state index in [9.17, 15) is 9.59 Å². The van der Waals surface area contributed by atoms with Gasteiger partial charge in [-0.15, -0.1) is 23.7 Å². The summed E-state index contributed by atoms with van der Waals surface area (Å²) in [6, 6.07) is 5.00. The number of aromatic nitrogens is 1. The summed E-state index contributed by atoms with van der Waals surface area (Å²) in [4.78, 5) is 28.2. The van der Waals surface area contributed by atoms with Crippen molar-refractivity contribution in [2.24, 2.45) is 5.73 Å². The van der Waals surface area contributed by atoms with Crippen LogP contribution < -0.4 is 25.8 Å². The summed E-state index contributed by atoms with van der Waals surface area (Å²) in [5, 5.41) is 7.64. The molecule has 0 unspecified atom stereocenters. The number of carbonyl (C=O) groups is 2. The molecule has 1 aromatic heterocycles. The molecule has 4 N–H and O–H groups in total. The molecule has 10 heteroatoms. The van der Waals surface area contributed by atoms with Crippen molar-refractivity contribution in [3.63, 3.8) is 0 Å². The zero-order chi connectivity index (χ0) is 18.2. The highest BCUT2D eigenvalue weighted by Crippen LogP contribution is 2.25. The number of rotatable bonds is 8. The number of anilines is 1. The van der Waals surface area contributed by atoms with Crippen LogP contribution in [0.5, 0.6) is 11.5 Å². The second-order valence-corrected chi connectivity index (χ2v) is 5.94. The highest BCUT2D eigenvalue weighted by molar-refractivity contribution is 7.09. The number of hydrogen-bond acceptors (Lipinski definition) is 7. The second kappa shape index (κ2) is 10.6. The second-order valence-electron chi connectivity index (χ2n) is 5.00. The van der Waals surface area contributed by atoms with Gasteiger partial charge < -0.3 is 25.8 Å². The summed E-state index contributed by atoms with van der Waals surface area (Å²) in [6.07, 6.45) is 0.621. The summed E-state index contributed by atoms with van der Waals surface area (Å²) < 4.78 is 10.3. The number of amides is 2. The molecule has 2 aromatic rings. The molecule has 8 nitrogen and oxygen atoms in total. The maximum atomic E-state index is 12.0. The van der Waals surface area contributed by atoms with Crippen molar-refractivity contribution in [2.75, 3.05) is 32.6 Å². The van der Waals surface area contributed by atoms with Gasteiger partial charge in [0.25, 0.3) is 5.91 Å². The van der Waals surface area contributed by atoms with Gasteiger partial charge in [0, 0.05) is 35.7 Å². The summed E-state index contributed by atoms with van der Waals surface area (Å²) in [6.45, 7) is 0.295. The number of benzene rings is 1. The minimum absolute atomic E-state index is 0. The van der Waals surface area contributed by atoms with Crippen LogP contribution in [-0.2, 0) is 11.2 Å². The fourth-order valence-electron chi connectivity index (χ4n) is 1.99. The van der Waals surface area contributed by atoms with Crippen LogP contribution in [0, 0.1) is 0 Å². The Labute approximate surface area is 161 Å². The van der Waals surface area contributed by atoms with Crippen molar-refractivity contribution < 1.29 is 19.1 Å². The molecule has 0 aliphatic carbocycles. The van der Waals surface area contributed by atoms with Gasteiger partial charge in [-0.3, -0.25) is 9.59 Å². The fraction of sp³-hybridized carbons (Fsp3) is 0.312. The molecular formula is C16H21ClN4O4S. The zero-order valence-corrected chi connectivity index (χ0v) is 16.0. The quantitative estimate of drug-likeness (QED) is 0.617. The first-order valence-electron chi connectivity index (χ1n) is 7.51. The molecule has 1 aromatic carbocycles. The fourth-order valence-corrected chi connectivity index (χ4v) is 2.78. The lowest BCUT2D eigenvalue weighted by molar-refractivity contribution is -0.115. The van der Waals surface area contributed by atoms with E-state index < -0.39 is 5.91 Å². The lowest BCUT2D eigenvalue weighted by atomic mass is 10.2. The van der Waals surface area contributed by atoms with Crippen molar-refractivity contribution >= 4 is 41.2 Å². The molecule has 0 saturated carbocycles. The Morgan fingerprint density at radius 1 is 1.19 bits per heavy atom. The molecule has 26 heavy (non-hydrogen) atoms. The number of nitrogens with two attached hydrogens (primary N) is 1. The van der Waals surface area contributed by atoms with Crippen molar-refractivity contribution in [1.29, 1.82) is 0 Å². The number of methoxy groups -OCH3 is 2. The third-order valence-corrected chi connectivity index (χ3v) is 4.10. The van der Waals surface area contributed by atoms with Crippen molar-refractivity contribution in [2.45, 2.75) is 6.42 Å². The molecule has 0 aliphatic rings. The van der Waals surface area contributed by atoms with E-state index in [1.165, 1.54) is 25.6 Å². The first-order valence-corrected chi connectivity index (χ1v) is 8.39. The molecule has 0 radical (unpaired) electrons. The Kier molecular flexibility index (Phi) is 8.83. The number of halogens is 1. The van der Waals surface area contributed by atoms with Gasteiger partial charge >= 0.3 is 0 Å². The van der Waals surface area contributed by atoms with Gasteiger partial charge in [0.05, 0.1) is 25.8 Å². The van der Waals surface area contributed by atoms with Gasteiger partial charge in [0.15, 0.2) is 0 Å². The van der Waals surface area contributed by atoms with Gasteiger partial charge in [-0.25, -0.2) is 4.98 Å². The molecule has 0 bridgehead atoms. The predicted molar refractivity (Wildman–Crippen MR) is 103 cm³/mol. The first-order chi connectivity index (χ1) is 12.0. The highest BCUT2D eigenvalue weighted by Gasteiger charge is 2.12. The van der Waals surface area contributed by atoms with E-state index in [-0.39, 0.29) is 30.6 Å². The van der Waals surface area contributed by atoms with Crippen LogP contribution in [0.25, 0.3) is 0 Å². The van der Waals surface area contributed by atoms with E-state index in [2.05, 4.69) is 15.6 Å². The number of nitrogens with zero attached hydrogens (tertiary/aromatic N) is 1. The minimum Gasteiger partial charge on any atom is -0.497 e. The van der Waals surface area contributed by atoms with Crippen LogP contribution >= 0.6 is 23.7 Å². The van der Waals surface area contributed by atoms with Crippen molar-refractivity contribution in [3.8, 4) is 11.5 Å². The van der Waals surface area contributed by atoms with Crippen LogP contribution in [0.15, 0.2) is 23.6 Å². The van der Waals surface area contributed by atoms with Crippen LogP contribution in [0.2, 0.25) is 0 Å². The summed E-state index contributed by atoms with van der Waals surface area (Å²) in [5.41, 5.74) is 6.24. The van der Waals surface area contributed by atoms with Crippen molar-refractivity contribution in [3.05, 3.63) is 34.3 Å². The minimum atomic E-state index is -0.405. The van der Waals surface area contributed by atoms with Crippen LogP contribution in [0.3, 0.4) is 0 Å². The molecule has 142 valence electrons. The van der Waals surface area contributed by atoms with Gasteiger partial charge in [-0.05, 0) is 6.54 Å². The van der Waals surface area contributed by atoms with E-state index in [0.29, 0.717) is 30.2 Å². The Balaban J connectivity index is 0.00000338. The third kappa shape index (κ3) is 6.17. The Morgan fingerprint density at radius 2 is 1.85 bits per heavy atom. The smallest absolute Gasteiger partial charge is 0.271 e. The average molecular weight is 401 g/mol. The number of hydrogen-bond donors (Lipinski definition) is 3. The molecule has 0 fully saturated rings. The Morgan fingerprint density at radius 3 is 2.42 bits per heavy atom. The molecule has 2 amide bonds. The normalized spacial score (nSPS) is 9.81. The maximum absolute atomic E-state index is 12.0. The van der Waals surface area contributed by atoms with Crippen LogP contribution in [0.4, 0.5) is 5.69 Å². The van der Waals surface area contributed by atoms with Crippen molar-refractivity contribution in [1.82, 2.24) is 10.3 Å². The van der Waals surface area contributed by atoms with Crippen LogP contribution in [0.1, 0.15) is 15.5 Å². The molecule has 1 heterocycles. The van der Waals surface area contributed by atoms with Crippen LogP contribution in [-0.4, -0.2) is 44.1 Å². The molecule has 0 atom stereocenters. The van der Waals surface area contributed by atoms with Gasteiger partial charge in [-0.2, -0.15) is 0 Å². The summed E-state index contributed by atoms with van der Waals surface area (Å²) in [5.74, 6) is 0.321. The largest absolute Gasteiger partial charge is 0.497 e. The standard InChI is InChI=1S/C16H20N4O4S.ClH/c1-23-11-5-10(6-12(7-11)24-2)19-14(21)8-18-16(22)13-9-25-15(20-13)3-4-17;/h5-7,9H,3-4,8,17H2,1-2H3,(H,18,22)(H,19,21);1H. The molecular weight excluding hydrogens is 380 g/mol. The Bertz CT molecular complexity index is 731. The van der Waals surface area contributed by atoms with Gasteiger partial charge in [0.2, 0.25) is 5.91 Å². The molecule has 0 aliphatic heterocycles. The average Bonchev–Trinajstić information content (AvgIpc) is 3.08. The van der Waals surface area contributed by atoms with E-state index in [0.717, 1.165) is 5.01 Å². The first kappa shape index (κ1) is 21.7. The van der Waals surface area contributed by atoms with E-state index >= 15 is 0 Å². The number of ether oxygens (including phenoxy) is 2. The monoisotopic (exact) mass is 400 g/mol. The number of nitrogens with one attached hydrogen (secondary N) is 2. The molecule has 0 spiro atoms. The number of thiazole rings is 1.